The average Bonchev–Trinajstić information content (AvgIpc) is 2.83. The summed E-state index contributed by atoms with van der Waals surface area (Å²) in [6.07, 6.45) is -1.17. The first-order chi connectivity index (χ1) is 11.4. The number of aryl methyl sites for hydroxylation is 2. The summed E-state index contributed by atoms with van der Waals surface area (Å²) in [5, 5.41) is 12.0. The lowest BCUT2D eigenvalue weighted by Crippen LogP contribution is -2.45. The molecule has 126 valence electrons. The van der Waals surface area contributed by atoms with Gasteiger partial charge in [-0.05, 0) is 44.0 Å². The number of hydrogen-bond acceptors (Lipinski definition) is 4. The molecule has 0 radical (unpaired) electrons. The second kappa shape index (κ2) is 6.11. The van der Waals surface area contributed by atoms with Crippen LogP contribution in [0.4, 0.5) is 0 Å². The van der Waals surface area contributed by atoms with Gasteiger partial charge in [-0.3, -0.25) is 0 Å². The van der Waals surface area contributed by atoms with Gasteiger partial charge in [0.1, 0.15) is 5.75 Å². The van der Waals surface area contributed by atoms with E-state index in [0.717, 1.165) is 11.1 Å². The lowest BCUT2D eigenvalue weighted by Gasteiger charge is -2.28. The number of fused-ring (bicyclic) bond motifs is 1. The summed E-state index contributed by atoms with van der Waals surface area (Å²) in [7, 11) is 0. The van der Waals surface area contributed by atoms with Crippen molar-refractivity contribution in [1.82, 2.24) is 0 Å². The van der Waals surface area contributed by atoms with Crippen LogP contribution in [-0.4, -0.2) is 23.8 Å². The summed E-state index contributed by atoms with van der Waals surface area (Å²) < 4.78 is 10.9. The van der Waals surface area contributed by atoms with Crippen LogP contribution in [0.15, 0.2) is 36.4 Å². The summed E-state index contributed by atoms with van der Waals surface area (Å²) in [6, 6.07) is 10.7. The highest BCUT2D eigenvalue weighted by Gasteiger charge is 2.54. The van der Waals surface area contributed by atoms with Crippen molar-refractivity contribution >= 4 is 17.6 Å². The van der Waals surface area contributed by atoms with Crippen LogP contribution in [0, 0.1) is 13.8 Å². The van der Waals surface area contributed by atoms with Gasteiger partial charge in [0.15, 0.2) is 5.60 Å². The zero-order valence-corrected chi connectivity index (χ0v) is 14.6. The van der Waals surface area contributed by atoms with Crippen molar-refractivity contribution < 1.29 is 19.4 Å². The van der Waals surface area contributed by atoms with Gasteiger partial charge in [-0.15, -0.1) is 0 Å². The molecule has 5 heteroatoms. The Hall–Kier alpha value is -2.04. The molecule has 4 nitrogen and oxygen atoms in total. The smallest absolute Gasteiger partial charge is 0.351 e. The van der Waals surface area contributed by atoms with Crippen molar-refractivity contribution in [1.29, 1.82) is 0 Å². The van der Waals surface area contributed by atoms with E-state index in [-0.39, 0.29) is 6.61 Å². The van der Waals surface area contributed by atoms with Crippen molar-refractivity contribution in [3.05, 3.63) is 63.7 Å². The third kappa shape index (κ3) is 2.56. The summed E-state index contributed by atoms with van der Waals surface area (Å²) in [4.78, 5) is 12.4. The molecule has 24 heavy (non-hydrogen) atoms. The molecule has 1 aliphatic rings. The molecule has 1 heterocycles. The summed E-state index contributed by atoms with van der Waals surface area (Å²) in [6.45, 7) is 5.72. The maximum atomic E-state index is 12.4. The summed E-state index contributed by atoms with van der Waals surface area (Å²) in [5.74, 6) is -0.163. The topological polar surface area (TPSA) is 55.8 Å². The van der Waals surface area contributed by atoms with Gasteiger partial charge in [-0.25, -0.2) is 4.79 Å². The number of ether oxygens (including phenoxy) is 2. The molecule has 0 fully saturated rings. The van der Waals surface area contributed by atoms with E-state index in [1.807, 2.05) is 26.0 Å². The predicted molar refractivity (Wildman–Crippen MR) is 91.4 cm³/mol. The van der Waals surface area contributed by atoms with Crippen LogP contribution in [0.2, 0.25) is 5.02 Å². The lowest BCUT2D eigenvalue weighted by molar-refractivity contribution is -0.159. The van der Waals surface area contributed by atoms with Gasteiger partial charge in [-0.2, -0.15) is 0 Å². The number of benzene rings is 2. The van der Waals surface area contributed by atoms with Gasteiger partial charge in [0.2, 0.25) is 6.10 Å². The Kier molecular flexibility index (Phi) is 4.28. The van der Waals surface area contributed by atoms with Gasteiger partial charge >= 0.3 is 5.97 Å². The number of rotatable bonds is 3. The van der Waals surface area contributed by atoms with Crippen molar-refractivity contribution in [3.63, 3.8) is 0 Å². The molecule has 2 atom stereocenters. The Morgan fingerprint density at radius 3 is 2.58 bits per heavy atom. The number of carbonyl (C=O) groups is 1. The predicted octanol–water partition coefficient (Wildman–Crippen LogP) is 3.52. The number of aliphatic hydroxyl groups is 1. The Labute approximate surface area is 146 Å². The molecule has 0 amide bonds. The van der Waals surface area contributed by atoms with E-state index < -0.39 is 17.7 Å². The Morgan fingerprint density at radius 1 is 1.29 bits per heavy atom. The fraction of sp³-hybridized carbons (Fsp3) is 0.316. The largest absolute Gasteiger partial charge is 0.474 e. The van der Waals surface area contributed by atoms with Crippen LogP contribution in [-0.2, 0) is 15.1 Å². The molecule has 2 aromatic rings. The van der Waals surface area contributed by atoms with Crippen molar-refractivity contribution in [2.24, 2.45) is 0 Å². The molecule has 1 aliphatic heterocycles. The Morgan fingerprint density at radius 2 is 1.96 bits per heavy atom. The SMILES string of the molecule is CCOC(=O)[C@@H]1Oc2cc(C)c(Cl)cc2[C@]1(O)c1ccc(C)cc1. The number of halogens is 1. The zero-order chi connectivity index (χ0) is 17.5. The third-order valence-electron chi connectivity index (χ3n) is 4.29. The molecular formula is C19H19ClO4. The van der Waals surface area contributed by atoms with Crippen molar-refractivity contribution in [2.75, 3.05) is 6.61 Å². The Balaban J connectivity index is 2.19. The normalized spacial score (nSPS) is 22.0. The van der Waals surface area contributed by atoms with Crippen molar-refractivity contribution in [3.8, 4) is 5.75 Å². The third-order valence-corrected chi connectivity index (χ3v) is 4.70. The van der Waals surface area contributed by atoms with Crippen LogP contribution in [0.1, 0.15) is 29.2 Å². The first kappa shape index (κ1) is 16.8. The molecular weight excluding hydrogens is 328 g/mol. The van der Waals surface area contributed by atoms with Gasteiger partial charge in [0.05, 0.1) is 6.61 Å². The van der Waals surface area contributed by atoms with Crippen LogP contribution in [0.3, 0.4) is 0 Å². The minimum absolute atomic E-state index is 0.207. The van der Waals surface area contributed by atoms with E-state index >= 15 is 0 Å². The van der Waals surface area contributed by atoms with Crippen LogP contribution >= 0.6 is 11.6 Å². The molecule has 2 aromatic carbocycles. The fourth-order valence-corrected chi connectivity index (χ4v) is 3.12. The van der Waals surface area contributed by atoms with E-state index in [4.69, 9.17) is 21.1 Å². The van der Waals surface area contributed by atoms with E-state index in [2.05, 4.69) is 0 Å². The van der Waals surface area contributed by atoms with Crippen molar-refractivity contribution in [2.45, 2.75) is 32.5 Å². The highest BCUT2D eigenvalue weighted by Crippen LogP contribution is 2.47. The molecule has 0 spiro atoms. The maximum Gasteiger partial charge on any atom is 0.351 e. The molecule has 0 bridgehead atoms. The first-order valence-corrected chi connectivity index (χ1v) is 8.19. The monoisotopic (exact) mass is 346 g/mol. The first-order valence-electron chi connectivity index (χ1n) is 7.81. The van der Waals surface area contributed by atoms with Gasteiger partial charge in [-0.1, -0.05) is 41.4 Å². The molecule has 0 unspecified atom stereocenters. The van der Waals surface area contributed by atoms with Gasteiger partial charge in [0, 0.05) is 10.6 Å². The van der Waals surface area contributed by atoms with Crippen LogP contribution in [0.5, 0.6) is 5.75 Å². The standard InChI is InChI=1S/C19H19ClO4/c1-4-23-18(21)17-19(22,13-7-5-11(2)6-8-13)14-10-15(20)12(3)9-16(14)24-17/h5-10,17,22H,4H2,1-3H3/t17-,19+/m0/s1. The maximum absolute atomic E-state index is 12.4. The average molecular weight is 347 g/mol. The molecule has 0 aliphatic carbocycles. The number of carbonyl (C=O) groups excluding carboxylic acids is 1. The van der Waals surface area contributed by atoms with E-state index in [0.29, 0.717) is 21.9 Å². The minimum Gasteiger partial charge on any atom is -0.474 e. The fourth-order valence-electron chi connectivity index (χ4n) is 2.96. The lowest BCUT2D eigenvalue weighted by atomic mass is 9.82. The summed E-state index contributed by atoms with van der Waals surface area (Å²) in [5.41, 5.74) is 1.25. The summed E-state index contributed by atoms with van der Waals surface area (Å²) >= 11 is 6.24. The minimum atomic E-state index is -1.65. The highest BCUT2D eigenvalue weighted by molar-refractivity contribution is 6.31. The highest BCUT2D eigenvalue weighted by atomic mass is 35.5. The van der Waals surface area contributed by atoms with E-state index in [1.165, 1.54) is 0 Å². The van der Waals surface area contributed by atoms with Gasteiger partial charge < -0.3 is 14.6 Å². The molecule has 3 rings (SSSR count). The second-order valence-corrected chi connectivity index (χ2v) is 6.39. The second-order valence-electron chi connectivity index (χ2n) is 5.98. The van der Waals surface area contributed by atoms with Crippen LogP contribution in [0.25, 0.3) is 0 Å². The van der Waals surface area contributed by atoms with Gasteiger partial charge in [0.25, 0.3) is 0 Å². The molecule has 0 saturated carbocycles. The quantitative estimate of drug-likeness (QED) is 0.864. The molecule has 1 N–H and O–H groups in total. The number of hydrogen-bond donors (Lipinski definition) is 1. The molecule has 0 aromatic heterocycles. The van der Waals surface area contributed by atoms with Crippen LogP contribution < -0.4 is 4.74 Å². The van der Waals surface area contributed by atoms with E-state index in [1.54, 1.807) is 31.2 Å². The molecule has 0 saturated heterocycles. The number of esters is 1. The Bertz CT molecular complexity index is 785. The zero-order valence-electron chi connectivity index (χ0n) is 13.8. The van der Waals surface area contributed by atoms with E-state index in [9.17, 15) is 9.90 Å².